The van der Waals surface area contributed by atoms with E-state index >= 15 is 0 Å². The first-order valence-electron chi connectivity index (χ1n) is 12.1. The van der Waals surface area contributed by atoms with Gasteiger partial charge >= 0.3 is 0 Å². The van der Waals surface area contributed by atoms with Gasteiger partial charge < -0.3 is 10.0 Å². The Balaban J connectivity index is 1.95. The van der Waals surface area contributed by atoms with Gasteiger partial charge in [-0.1, -0.05) is 36.4 Å². The molecule has 2 aromatic carbocycles. The molecule has 2 aromatic rings. The maximum Gasteiger partial charge on any atom is 0.253 e. The lowest BCUT2D eigenvalue weighted by Crippen LogP contribution is -2.57. The van der Waals surface area contributed by atoms with Crippen molar-refractivity contribution in [2.45, 2.75) is 52.7 Å². The molecule has 0 bridgehead atoms. The Morgan fingerprint density at radius 1 is 1.06 bits per heavy atom. The fourth-order valence-corrected chi connectivity index (χ4v) is 4.92. The summed E-state index contributed by atoms with van der Waals surface area (Å²) in [5, 5.41) is 10.2. The Hall–Kier alpha value is -2.63. The van der Waals surface area contributed by atoms with Gasteiger partial charge in [-0.25, -0.2) is 0 Å². The van der Waals surface area contributed by atoms with Crippen LogP contribution in [-0.4, -0.2) is 70.5 Å². The highest BCUT2D eigenvalue weighted by Gasteiger charge is 2.34. The van der Waals surface area contributed by atoms with E-state index in [2.05, 4.69) is 55.3 Å². The lowest BCUT2D eigenvalue weighted by Gasteiger charge is -2.47. The smallest absolute Gasteiger partial charge is 0.253 e. The van der Waals surface area contributed by atoms with Crippen molar-refractivity contribution in [2.24, 2.45) is 0 Å². The number of phenolic OH excluding ortho intramolecular Hbond substituents is 1. The van der Waals surface area contributed by atoms with Crippen LogP contribution >= 0.6 is 0 Å². The van der Waals surface area contributed by atoms with Gasteiger partial charge in [-0.2, -0.15) is 0 Å². The molecule has 1 aliphatic heterocycles. The summed E-state index contributed by atoms with van der Waals surface area (Å²) in [5.74, 6) is 0.336. The van der Waals surface area contributed by atoms with Crippen molar-refractivity contribution in [1.29, 1.82) is 0 Å². The number of phenols is 1. The van der Waals surface area contributed by atoms with Gasteiger partial charge in [0.25, 0.3) is 5.91 Å². The van der Waals surface area contributed by atoms with E-state index < -0.39 is 0 Å². The third kappa shape index (κ3) is 5.84. The van der Waals surface area contributed by atoms with Crippen molar-refractivity contribution in [3.05, 3.63) is 77.4 Å². The van der Waals surface area contributed by atoms with Gasteiger partial charge in [0, 0.05) is 50.4 Å². The molecule has 1 fully saturated rings. The molecule has 3 atom stereocenters. The Morgan fingerprint density at radius 3 is 2.30 bits per heavy atom. The maximum atomic E-state index is 12.8. The Labute approximate surface area is 199 Å². The zero-order chi connectivity index (χ0) is 24.1. The van der Waals surface area contributed by atoms with Gasteiger partial charge in [0.15, 0.2) is 0 Å². The van der Waals surface area contributed by atoms with Gasteiger partial charge in [-0.15, -0.1) is 0 Å². The van der Waals surface area contributed by atoms with E-state index in [0.29, 0.717) is 30.7 Å². The van der Waals surface area contributed by atoms with Crippen LogP contribution in [0.2, 0.25) is 0 Å². The van der Waals surface area contributed by atoms with Crippen molar-refractivity contribution < 1.29 is 9.90 Å². The Morgan fingerprint density at radius 2 is 1.73 bits per heavy atom. The number of hydrogen-bond donors (Lipinski definition) is 1. The molecule has 1 heterocycles. The van der Waals surface area contributed by atoms with Gasteiger partial charge in [-0.3, -0.25) is 14.6 Å². The minimum absolute atomic E-state index is 0.000802. The normalized spacial score (nSPS) is 20.4. The number of hydrogen-bond acceptors (Lipinski definition) is 4. The molecule has 5 nitrogen and oxygen atoms in total. The van der Waals surface area contributed by atoms with Crippen molar-refractivity contribution in [1.82, 2.24) is 14.7 Å². The van der Waals surface area contributed by atoms with Crippen molar-refractivity contribution in [3.63, 3.8) is 0 Å². The largest absolute Gasteiger partial charge is 0.508 e. The quantitative estimate of drug-likeness (QED) is 0.580. The molecule has 33 heavy (non-hydrogen) atoms. The summed E-state index contributed by atoms with van der Waals surface area (Å²) in [6.45, 7) is 18.9. The lowest BCUT2D eigenvalue weighted by atomic mass is 9.92. The monoisotopic (exact) mass is 449 g/mol. The molecule has 3 rings (SSSR count). The second kappa shape index (κ2) is 11.0. The highest BCUT2D eigenvalue weighted by atomic mass is 16.3. The molecule has 0 aromatic heterocycles. The minimum atomic E-state index is -0.000802. The average Bonchev–Trinajstić information content (AvgIpc) is 2.78. The third-order valence-corrected chi connectivity index (χ3v) is 6.68. The van der Waals surface area contributed by atoms with E-state index in [-0.39, 0.29) is 17.7 Å². The molecule has 1 saturated heterocycles. The van der Waals surface area contributed by atoms with Gasteiger partial charge in [-0.05, 0) is 70.0 Å². The fourth-order valence-electron chi connectivity index (χ4n) is 4.92. The van der Waals surface area contributed by atoms with Crippen LogP contribution < -0.4 is 0 Å². The lowest BCUT2D eigenvalue weighted by molar-refractivity contribution is 0.0293. The summed E-state index contributed by atoms with van der Waals surface area (Å²) in [6, 6.07) is 16.3. The number of aromatic hydroxyl groups is 1. The number of benzene rings is 2. The summed E-state index contributed by atoms with van der Waals surface area (Å²) in [6.07, 6.45) is 0. The predicted molar refractivity (Wildman–Crippen MR) is 136 cm³/mol. The van der Waals surface area contributed by atoms with Gasteiger partial charge in [0.1, 0.15) is 5.75 Å². The standard InChI is InChI=1S/C28H39N3O2/c1-7-29(8-2)28(33)24-14-12-23(13-15-24)27(25-10-9-11-26(32)16-25)31-19-21(5)30(17-20(3)4)18-22(31)6/h9-16,21-22,27,32H,3,7-8,17-19H2,1-2,4-6H3/t21-,22+,27?/m0/s1. The Kier molecular flexibility index (Phi) is 8.33. The fraction of sp³-hybridized carbons (Fsp3) is 0.464. The summed E-state index contributed by atoms with van der Waals surface area (Å²) in [4.78, 5) is 19.7. The van der Waals surface area contributed by atoms with E-state index in [1.807, 2.05) is 43.0 Å². The van der Waals surface area contributed by atoms with E-state index in [9.17, 15) is 9.90 Å². The molecule has 5 heteroatoms. The van der Waals surface area contributed by atoms with Crippen molar-refractivity contribution >= 4 is 5.91 Å². The molecule has 1 amide bonds. The van der Waals surface area contributed by atoms with Crippen LogP contribution in [0.4, 0.5) is 0 Å². The molecule has 0 saturated carbocycles. The average molecular weight is 450 g/mol. The molecule has 0 aliphatic carbocycles. The molecule has 1 N–H and O–H groups in total. The molecule has 1 unspecified atom stereocenters. The van der Waals surface area contributed by atoms with Crippen LogP contribution in [0.25, 0.3) is 0 Å². The van der Waals surface area contributed by atoms with Gasteiger partial charge in [0.05, 0.1) is 6.04 Å². The molecule has 1 aliphatic rings. The van der Waals surface area contributed by atoms with Crippen LogP contribution in [0.5, 0.6) is 5.75 Å². The first-order chi connectivity index (χ1) is 15.7. The highest BCUT2D eigenvalue weighted by molar-refractivity contribution is 5.94. The maximum absolute atomic E-state index is 12.8. The zero-order valence-electron chi connectivity index (χ0n) is 20.8. The molecule has 0 spiro atoms. The SMILES string of the molecule is C=C(C)CN1C[C@@H](C)N(C(c2ccc(C(=O)N(CC)CC)cc2)c2cccc(O)c2)C[C@@H]1C. The predicted octanol–water partition coefficient (Wildman–Crippen LogP) is 4.93. The molecular formula is C28H39N3O2. The highest BCUT2D eigenvalue weighted by Crippen LogP contribution is 2.34. The molecule has 178 valence electrons. The van der Waals surface area contributed by atoms with Crippen molar-refractivity contribution in [3.8, 4) is 5.75 Å². The second-order valence-corrected chi connectivity index (χ2v) is 9.38. The summed E-state index contributed by atoms with van der Waals surface area (Å²) in [7, 11) is 0. The summed E-state index contributed by atoms with van der Waals surface area (Å²) < 4.78 is 0. The Bertz CT molecular complexity index is 952. The number of amides is 1. The van der Waals surface area contributed by atoms with E-state index in [0.717, 1.165) is 30.8 Å². The van der Waals surface area contributed by atoms with Crippen LogP contribution in [0.1, 0.15) is 62.1 Å². The van der Waals surface area contributed by atoms with E-state index in [1.165, 1.54) is 5.57 Å². The number of rotatable bonds is 8. The second-order valence-electron chi connectivity index (χ2n) is 9.38. The number of carbonyl (C=O) groups excluding carboxylic acids is 1. The van der Waals surface area contributed by atoms with Gasteiger partial charge in [0.2, 0.25) is 0 Å². The van der Waals surface area contributed by atoms with Crippen molar-refractivity contribution in [2.75, 3.05) is 32.7 Å². The topological polar surface area (TPSA) is 47.0 Å². The summed E-state index contributed by atoms with van der Waals surface area (Å²) in [5.41, 5.74) is 4.08. The summed E-state index contributed by atoms with van der Waals surface area (Å²) >= 11 is 0. The number of nitrogens with zero attached hydrogens (tertiary/aromatic N) is 3. The number of piperazine rings is 1. The molecular weight excluding hydrogens is 410 g/mol. The van der Waals surface area contributed by atoms with Crippen LogP contribution in [-0.2, 0) is 0 Å². The minimum Gasteiger partial charge on any atom is -0.508 e. The van der Waals surface area contributed by atoms with Crippen LogP contribution in [0.3, 0.4) is 0 Å². The first kappa shape index (κ1) is 25.0. The van der Waals surface area contributed by atoms with Crippen LogP contribution in [0, 0.1) is 0 Å². The van der Waals surface area contributed by atoms with E-state index in [4.69, 9.17) is 0 Å². The van der Waals surface area contributed by atoms with Crippen LogP contribution in [0.15, 0.2) is 60.7 Å². The zero-order valence-corrected chi connectivity index (χ0v) is 20.8. The first-order valence-corrected chi connectivity index (χ1v) is 12.1. The third-order valence-electron chi connectivity index (χ3n) is 6.68. The number of carbonyl (C=O) groups is 1. The molecule has 0 radical (unpaired) electrons. The van der Waals surface area contributed by atoms with E-state index in [1.54, 1.807) is 6.07 Å².